The van der Waals surface area contributed by atoms with Gasteiger partial charge in [-0.3, -0.25) is 0 Å². The number of rotatable bonds is 4. The summed E-state index contributed by atoms with van der Waals surface area (Å²) in [6.45, 7) is 1.27. The Kier molecular flexibility index (Phi) is 3.65. The third kappa shape index (κ3) is 2.56. The third-order valence-corrected chi connectivity index (χ3v) is 3.83. The summed E-state index contributed by atoms with van der Waals surface area (Å²) in [7, 11) is 0. The molecule has 1 aromatic heterocycles. The maximum Gasteiger partial charge on any atom is 0.113 e. The smallest absolute Gasteiger partial charge is 0.113 e. The van der Waals surface area contributed by atoms with Gasteiger partial charge in [0.25, 0.3) is 0 Å². The SMILES string of the molecule is OCCc1nc(Cc2ccccc2)n2c1CCCC2. The van der Waals surface area contributed by atoms with E-state index in [1.807, 2.05) is 6.07 Å². The lowest BCUT2D eigenvalue weighted by molar-refractivity contribution is 0.297. The number of fused-ring (bicyclic) bond motifs is 1. The zero-order valence-corrected chi connectivity index (χ0v) is 11.2. The minimum absolute atomic E-state index is 0.189. The summed E-state index contributed by atoms with van der Waals surface area (Å²) in [5.74, 6) is 1.16. The van der Waals surface area contributed by atoms with Crippen LogP contribution in [0.15, 0.2) is 30.3 Å². The van der Waals surface area contributed by atoms with Gasteiger partial charge in [0.1, 0.15) is 5.82 Å². The van der Waals surface area contributed by atoms with E-state index in [2.05, 4.69) is 28.8 Å². The lowest BCUT2D eigenvalue weighted by Crippen LogP contribution is -2.14. The Morgan fingerprint density at radius 3 is 2.79 bits per heavy atom. The molecule has 2 aromatic rings. The van der Waals surface area contributed by atoms with Crippen molar-refractivity contribution in [1.82, 2.24) is 9.55 Å². The third-order valence-electron chi connectivity index (χ3n) is 3.83. The van der Waals surface area contributed by atoms with Gasteiger partial charge in [-0.1, -0.05) is 30.3 Å². The first-order chi connectivity index (χ1) is 9.38. The highest BCUT2D eigenvalue weighted by Crippen LogP contribution is 2.22. The number of nitrogens with zero attached hydrogens (tertiary/aromatic N) is 2. The molecule has 0 saturated heterocycles. The summed E-state index contributed by atoms with van der Waals surface area (Å²) in [5.41, 5.74) is 3.76. The van der Waals surface area contributed by atoms with E-state index in [0.717, 1.165) is 30.9 Å². The van der Waals surface area contributed by atoms with Gasteiger partial charge in [-0.2, -0.15) is 0 Å². The van der Waals surface area contributed by atoms with Crippen LogP contribution in [0.1, 0.15) is 35.6 Å². The molecule has 0 spiro atoms. The Labute approximate surface area is 113 Å². The van der Waals surface area contributed by atoms with Crippen molar-refractivity contribution in [3.8, 4) is 0 Å². The second kappa shape index (κ2) is 5.57. The fourth-order valence-electron chi connectivity index (χ4n) is 2.92. The van der Waals surface area contributed by atoms with Crippen molar-refractivity contribution in [3.05, 3.63) is 53.1 Å². The average molecular weight is 256 g/mol. The lowest BCUT2D eigenvalue weighted by atomic mass is 10.1. The maximum atomic E-state index is 9.17. The van der Waals surface area contributed by atoms with E-state index in [1.54, 1.807) is 0 Å². The Morgan fingerprint density at radius 1 is 1.16 bits per heavy atom. The summed E-state index contributed by atoms with van der Waals surface area (Å²) < 4.78 is 2.38. The first kappa shape index (κ1) is 12.4. The molecule has 1 N–H and O–H groups in total. The largest absolute Gasteiger partial charge is 0.396 e. The predicted octanol–water partition coefficient (Wildman–Crippen LogP) is 2.35. The Hall–Kier alpha value is -1.61. The normalized spacial score (nSPS) is 14.4. The molecule has 0 atom stereocenters. The zero-order valence-electron chi connectivity index (χ0n) is 11.2. The molecule has 0 unspecified atom stereocenters. The first-order valence-corrected chi connectivity index (χ1v) is 7.10. The highest BCUT2D eigenvalue weighted by molar-refractivity contribution is 5.25. The van der Waals surface area contributed by atoms with Gasteiger partial charge in [-0.15, -0.1) is 0 Å². The molecule has 0 saturated carbocycles. The van der Waals surface area contributed by atoms with Gasteiger partial charge < -0.3 is 9.67 Å². The van der Waals surface area contributed by atoms with E-state index in [1.165, 1.54) is 24.1 Å². The molecule has 3 heteroatoms. The van der Waals surface area contributed by atoms with Crippen LogP contribution < -0.4 is 0 Å². The van der Waals surface area contributed by atoms with Crippen molar-refractivity contribution in [2.24, 2.45) is 0 Å². The number of hydrogen-bond acceptors (Lipinski definition) is 2. The number of aromatic nitrogens is 2. The maximum absolute atomic E-state index is 9.17. The van der Waals surface area contributed by atoms with Crippen molar-refractivity contribution < 1.29 is 5.11 Å². The molecule has 0 bridgehead atoms. The molecule has 1 aliphatic heterocycles. The molecule has 1 aliphatic rings. The van der Waals surface area contributed by atoms with Crippen LogP contribution in [-0.4, -0.2) is 21.3 Å². The Balaban J connectivity index is 1.92. The summed E-state index contributed by atoms with van der Waals surface area (Å²) in [6, 6.07) is 10.5. The standard InChI is InChI=1S/C16H20N2O/c19-11-9-14-15-8-4-5-10-18(15)16(17-14)12-13-6-2-1-3-7-13/h1-3,6-7,19H,4-5,8-12H2. The number of hydrogen-bond donors (Lipinski definition) is 1. The molecule has 0 fully saturated rings. The van der Waals surface area contributed by atoms with Crippen LogP contribution in [0.25, 0.3) is 0 Å². The molecule has 0 radical (unpaired) electrons. The van der Waals surface area contributed by atoms with Gasteiger partial charge in [0.2, 0.25) is 0 Å². The van der Waals surface area contributed by atoms with Crippen molar-refractivity contribution in [3.63, 3.8) is 0 Å². The first-order valence-electron chi connectivity index (χ1n) is 7.10. The van der Waals surface area contributed by atoms with Crippen molar-refractivity contribution in [2.75, 3.05) is 6.61 Å². The van der Waals surface area contributed by atoms with E-state index in [4.69, 9.17) is 4.98 Å². The number of benzene rings is 1. The zero-order chi connectivity index (χ0) is 13.1. The second-order valence-corrected chi connectivity index (χ2v) is 5.17. The highest BCUT2D eigenvalue weighted by atomic mass is 16.3. The lowest BCUT2D eigenvalue weighted by Gasteiger charge is -2.17. The number of aliphatic hydroxyl groups excluding tert-OH is 1. The molecule has 2 heterocycles. The van der Waals surface area contributed by atoms with Gasteiger partial charge >= 0.3 is 0 Å². The molecular weight excluding hydrogens is 236 g/mol. The van der Waals surface area contributed by atoms with Gasteiger partial charge in [0.05, 0.1) is 5.69 Å². The number of aliphatic hydroxyl groups is 1. The second-order valence-electron chi connectivity index (χ2n) is 5.17. The molecular formula is C16H20N2O. The molecule has 1 aromatic carbocycles. The van der Waals surface area contributed by atoms with E-state index >= 15 is 0 Å². The van der Waals surface area contributed by atoms with Crippen LogP contribution in [0.5, 0.6) is 0 Å². The van der Waals surface area contributed by atoms with Crippen molar-refractivity contribution in [2.45, 2.75) is 38.6 Å². The minimum Gasteiger partial charge on any atom is -0.396 e. The minimum atomic E-state index is 0.189. The van der Waals surface area contributed by atoms with Gasteiger partial charge in [0.15, 0.2) is 0 Å². The fraction of sp³-hybridized carbons (Fsp3) is 0.438. The van der Waals surface area contributed by atoms with Crippen LogP contribution in [0.2, 0.25) is 0 Å². The van der Waals surface area contributed by atoms with Crippen LogP contribution in [-0.2, 0) is 25.8 Å². The molecule has 0 amide bonds. The van der Waals surface area contributed by atoms with Crippen LogP contribution in [0, 0.1) is 0 Å². The van der Waals surface area contributed by atoms with Gasteiger partial charge in [-0.05, 0) is 24.8 Å². The molecule has 19 heavy (non-hydrogen) atoms. The van der Waals surface area contributed by atoms with Crippen LogP contribution >= 0.6 is 0 Å². The number of imidazole rings is 1. The summed E-state index contributed by atoms with van der Waals surface area (Å²) in [5, 5.41) is 9.17. The molecule has 3 nitrogen and oxygen atoms in total. The highest BCUT2D eigenvalue weighted by Gasteiger charge is 2.19. The monoisotopic (exact) mass is 256 g/mol. The van der Waals surface area contributed by atoms with Crippen molar-refractivity contribution in [1.29, 1.82) is 0 Å². The predicted molar refractivity (Wildman–Crippen MR) is 75.2 cm³/mol. The average Bonchev–Trinajstić information content (AvgIpc) is 2.79. The van der Waals surface area contributed by atoms with Crippen LogP contribution in [0.4, 0.5) is 0 Å². The summed E-state index contributed by atoms with van der Waals surface area (Å²) in [4.78, 5) is 4.78. The van der Waals surface area contributed by atoms with E-state index in [9.17, 15) is 5.11 Å². The van der Waals surface area contributed by atoms with Crippen molar-refractivity contribution >= 4 is 0 Å². The molecule has 3 rings (SSSR count). The van der Waals surface area contributed by atoms with E-state index < -0.39 is 0 Å². The van der Waals surface area contributed by atoms with Gasteiger partial charge in [-0.25, -0.2) is 4.98 Å². The quantitative estimate of drug-likeness (QED) is 0.912. The van der Waals surface area contributed by atoms with E-state index in [-0.39, 0.29) is 6.61 Å². The molecule has 0 aliphatic carbocycles. The summed E-state index contributed by atoms with van der Waals surface area (Å²) in [6.07, 6.45) is 5.17. The summed E-state index contributed by atoms with van der Waals surface area (Å²) >= 11 is 0. The van der Waals surface area contributed by atoms with Crippen LogP contribution in [0.3, 0.4) is 0 Å². The Morgan fingerprint density at radius 2 is 2.00 bits per heavy atom. The van der Waals surface area contributed by atoms with E-state index in [0.29, 0.717) is 6.42 Å². The Bertz CT molecular complexity index is 545. The van der Waals surface area contributed by atoms with Gasteiger partial charge in [0, 0.05) is 31.7 Å². The molecule has 100 valence electrons. The fourth-order valence-corrected chi connectivity index (χ4v) is 2.92. The topological polar surface area (TPSA) is 38.1 Å².